The minimum Gasteiger partial charge on any atom is -0.309 e. The van der Waals surface area contributed by atoms with Crippen molar-refractivity contribution in [1.29, 1.82) is 0 Å². The summed E-state index contributed by atoms with van der Waals surface area (Å²) in [6.07, 6.45) is 2.24. The second-order valence-corrected chi connectivity index (χ2v) is 7.56. The van der Waals surface area contributed by atoms with Crippen LogP contribution in [-0.4, -0.2) is 51.3 Å². The fraction of sp³-hybridized carbons (Fsp3) is 1.00. The predicted octanol–water partition coefficient (Wildman–Crippen LogP) is 0.970. The maximum Gasteiger partial charge on any atom is 0.0253 e. The third kappa shape index (κ3) is 2.84. The summed E-state index contributed by atoms with van der Waals surface area (Å²) in [5.74, 6) is 1.81. The van der Waals surface area contributed by atoms with Gasteiger partial charge in [0.25, 0.3) is 0 Å². The van der Waals surface area contributed by atoms with Crippen LogP contribution in [-0.2, 0) is 10.8 Å². The molecule has 3 nitrogen and oxygen atoms in total. The van der Waals surface area contributed by atoms with E-state index in [-0.39, 0.29) is 5.54 Å². The first kappa shape index (κ1) is 12.5. The van der Waals surface area contributed by atoms with Crippen molar-refractivity contribution in [3.63, 3.8) is 0 Å². The summed E-state index contributed by atoms with van der Waals surface area (Å²) in [4.78, 5) is 2.63. The molecule has 0 spiro atoms. The zero-order valence-corrected chi connectivity index (χ0v) is 11.5. The molecule has 0 amide bonds. The summed E-state index contributed by atoms with van der Waals surface area (Å²) in [6, 6.07) is 1.28. The molecular formula is C12H24N2OS. The van der Waals surface area contributed by atoms with Crippen molar-refractivity contribution in [3.8, 4) is 0 Å². The largest absolute Gasteiger partial charge is 0.309 e. The van der Waals surface area contributed by atoms with Crippen LogP contribution in [0.2, 0.25) is 0 Å². The standard InChI is InChI=1S/C12H24N2OS/c1-10-8-13-12(2,3)9-14(10)11-4-6-16(15)7-5-11/h10-11,13H,4-9H2,1-3H3. The summed E-state index contributed by atoms with van der Waals surface area (Å²) in [7, 11) is -0.538. The lowest BCUT2D eigenvalue weighted by Crippen LogP contribution is -2.63. The van der Waals surface area contributed by atoms with Gasteiger partial charge in [-0.15, -0.1) is 0 Å². The molecule has 4 heteroatoms. The van der Waals surface area contributed by atoms with Crippen molar-refractivity contribution in [3.05, 3.63) is 0 Å². The van der Waals surface area contributed by atoms with Crippen molar-refractivity contribution in [2.45, 2.75) is 51.2 Å². The van der Waals surface area contributed by atoms with Gasteiger partial charge in [0.05, 0.1) is 0 Å². The van der Waals surface area contributed by atoms with Crippen LogP contribution in [0, 0.1) is 0 Å². The summed E-state index contributed by atoms with van der Waals surface area (Å²) < 4.78 is 11.4. The molecule has 0 aliphatic carbocycles. The highest BCUT2D eigenvalue weighted by Gasteiger charge is 2.35. The van der Waals surface area contributed by atoms with Crippen LogP contribution in [0.5, 0.6) is 0 Å². The van der Waals surface area contributed by atoms with E-state index in [0.717, 1.165) is 37.4 Å². The van der Waals surface area contributed by atoms with Crippen LogP contribution in [0.25, 0.3) is 0 Å². The normalized spacial score (nSPS) is 40.8. The first-order valence-corrected chi connectivity index (χ1v) is 7.82. The summed E-state index contributed by atoms with van der Waals surface area (Å²) in [5.41, 5.74) is 0.225. The molecule has 2 fully saturated rings. The smallest absolute Gasteiger partial charge is 0.0253 e. The Labute approximate surface area is 101 Å². The molecule has 16 heavy (non-hydrogen) atoms. The minimum atomic E-state index is -0.538. The predicted molar refractivity (Wildman–Crippen MR) is 69.1 cm³/mol. The Hall–Kier alpha value is 0.0700. The molecule has 0 aromatic carbocycles. The number of hydrogen-bond acceptors (Lipinski definition) is 3. The Morgan fingerprint density at radius 3 is 2.56 bits per heavy atom. The van der Waals surface area contributed by atoms with E-state index >= 15 is 0 Å². The topological polar surface area (TPSA) is 32.3 Å². The van der Waals surface area contributed by atoms with Crippen LogP contribution in [0.1, 0.15) is 33.6 Å². The lowest BCUT2D eigenvalue weighted by atomic mass is 9.96. The van der Waals surface area contributed by atoms with Crippen LogP contribution in [0.4, 0.5) is 0 Å². The molecule has 94 valence electrons. The van der Waals surface area contributed by atoms with Gasteiger partial charge in [-0.1, -0.05) is 0 Å². The molecule has 0 aromatic rings. The van der Waals surface area contributed by atoms with Gasteiger partial charge in [-0.2, -0.15) is 0 Å². The van der Waals surface area contributed by atoms with Gasteiger partial charge in [0.15, 0.2) is 0 Å². The number of piperazine rings is 1. The monoisotopic (exact) mass is 244 g/mol. The summed E-state index contributed by atoms with van der Waals surface area (Å²) >= 11 is 0. The molecule has 1 atom stereocenters. The lowest BCUT2D eigenvalue weighted by Gasteiger charge is -2.48. The molecule has 1 unspecified atom stereocenters. The molecule has 0 aromatic heterocycles. The van der Waals surface area contributed by atoms with Gasteiger partial charge >= 0.3 is 0 Å². The minimum absolute atomic E-state index is 0.225. The van der Waals surface area contributed by atoms with Gasteiger partial charge in [0.2, 0.25) is 0 Å². The first-order valence-electron chi connectivity index (χ1n) is 6.34. The van der Waals surface area contributed by atoms with Gasteiger partial charge < -0.3 is 5.32 Å². The Morgan fingerprint density at radius 2 is 1.94 bits per heavy atom. The van der Waals surface area contributed by atoms with Crippen molar-refractivity contribution in [2.24, 2.45) is 0 Å². The number of rotatable bonds is 1. The second kappa shape index (κ2) is 4.75. The SMILES string of the molecule is CC1CNC(C)(C)CN1C1CCS(=O)CC1. The van der Waals surface area contributed by atoms with E-state index in [1.165, 1.54) is 0 Å². The van der Waals surface area contributed by atoms with Crippen LogP contribution in [0.15, 0.2) is 0 Å². The van der Waals surface area contributed by atoms with Crippen molar-refractivity contribution >= 4 is 10.8 Å². The molecular weight excluding hydrogens is 220 g/mol. The van der Waals surface area contributed by atoms with E-state index < -0.39 is 10.8 Å². The van der Waals surface area contributed by atoms with Gasteiger partial charge in [0, 0.05) is 53.0 Å². The molecule has 0 radical (unpaired) electrons. The quantitative estimate of drug-likeness (QED) is 0.746. The molecule has 2 saturated heterocycles. The van der Waals surface area contributed by atoms with Gasteiger partial charge in [-0.3, -0.25) is 9.11 Å². The van der Waals surface area contributed by atoms with E-state index in [4.69, 9.17) is 0 Å². The van der Waals surface area contributed by atoms with E-state index in [1.54, 1.807) is 0 Å². The zero-order chi connectivity index (χ0) is 11.8. The zero-order valence-electron chi connectivity index (χ0n) is 10.7. The molecule has 2 aliphatic heterocycles. The second-order valence-electron chi connectivity index (χ2n) is 5.87. The molecule has 1 N–H and O–H groups in total. The van der Waals surface area contributed by atoms with E-state index in [1.807, 2.05) is 0 Å². The maximum atomic E-state index is 11.4. The highest BCUT2D eigenvalue weighted by Crippen LogP contribution is 2.23. The van der Waals surface area contributed by atoms with Gasteiger partial charge in [-0.25, -0.2) is 0 Å². The van der Waals surface area contributed by atoms with E-state index in [2.05, 4.69) is 31.0 Å². The van der Waals surface area contributed by atoms with E-state index in [0.29, 0.717) is 12.1 Å². The third-order valence-electron chi connectivity index (χ3n) is 3.85. The van der Waals surface area contributed by atoms with Gasteiger partial charge in [-0.05, 0) is 33.6 Å². The van der Waals surface area contributed by atoms with Crippen LogP contribution >= 0.6 is 0 Å². The number of hydrogen-bond donors (Lipinski definition) is 1. The fourth-order valence-corrected chi connectivity index (χ4v) is 4.09. The Morgan fingerprint density at radius 1 is 1.31 bits per heavy atom. The molecule has 2 aliphatic rings. The number of nitrogens with one attached hydrogen (secondary N) is 1. The fourth-order valence-electron chi connectivity index (χ4n) is 2.81. The van der Waals surface area contributed by atoms with Gasteiger partial charge in [0.1, 0.15) is 0 Å². The average molecular weight is 244 g/mol. The first-order chi connectivity index (χ1) is 7.48. The Balaban J connectivity index is 1.98. The Bertz CT molecular complexity index is 270. The molecule has 2 heterocycles. The highest BCUT2D eigenvalue weighted by molar-refractivity contribution is 7.85. The van der Waals surface area contributed by atoms with Crippen LogP contribution < -0.4 is 5.32 Å². The van der Waals surface area contributed by atoms with Crippen molar-refractivity contribution in [2.75, 3.05) is 24.6 Å². The molecule has 2 rings (SSSR count). The molecule has 0 bridgehead atoms. The number of nitrogens with zero attached hydrogens (tertiary/aromatic N) is 1. The third-order valence-corrected chi connectivity index (χ3v) is 5.23. The highest BCUT2D eigenvalue weighted by atomic mass is 32.2. The summed E-state index contributed by atoms with van der Waals surface area (Å²) in [5, 5.41) is 3.58. The van der Waals surface area contributed by atoms with Crippen molar-refractivity contribution in [1.82, 2.24) is 10.2 Å². The van der Waals surface area contributed by atoms with E-state index in [9.17, 15) is 4.21 Å². The lowest BCUT2D eigenvalue weighted by molar-refractivity contribution is 0.0582. The van der Waals surface area contributed by atoms with Crippen LogP contribution in [0.3, 0.4) is 0 Å². The summed E-state index contributed by atoms with van der Waals surface area (Å²) in [6.45, 7) is 9.03. The van der Waals surface area contributed by atoms with Crippen molar-refractivity contribution < 1.29 is 4.21 Å². The molecule has 0 saturated carbocycles. The maximum absolute atomic E-state index is 11.4. The Kier molecular flexibility index (Phi) is 3.72. The average Bonchev–Trinajstić information content (AvgIpc) is 2.23.